The molecule has 4 rings (SSSR count). The van der Waals surface area contributed by atoms with E-state index in [2.05, 4.69) is 15.7 Å². The van der Waals surface area contributed by atoms with Gasteiger partial charge in [0.15, 0.2) is 6.35 Å². The molecule has 1 aromatic carbocycles. The van der Waals surface area contributed by atoms with Gasteiger partial charge in [0.1, 0.15) is 17.7 Å². The molecule has 2 atom stereocenters. The van der Waals surface area contributed by atoms with Gasteiger partial charge in [-0.15, -0.1) is 0 Å². The van der Waals surface area contributed by atoms with Crippen LogP contribution in [-0.2, 0) is 19.5 Å². The Labute approximate surface area is 158 Å². The Morgan fingerprint density at radius 3 is 3.04 bits per heavy atom. The van der Waals surface area contributed by atoms with E-state index in [4.69, 9.17) is 11.6 Å². The monoisotopic (exact) mass is 397 g/mol. The first-order valence-corrected chi connectivity index (χ1v) is 8.94. The summed E-state index contributed by atoms with van der Waals surface area (Å²) in [6, 6.07) is 4.07. The number of carbonyl (C=O) groups is 1. The molecule has 1 amide bonds. The van der Waals surface area contributed by atoms with Crippen molar-refractivity contribution in [3.63, 3.8) is 0 Å². The number of carbonyl (C=O) groups excluding carboxylic acids is 1. The number of fused-ring (bicyclic) bond motifs is 3. The van der Waals surface area contributed by atoms with Crippen LogP contribution in [0.15, 0.2) is 18.2 Å². The Balaban J connectivity index is 1.54. The van der Waals surface area contributed by atoms with Crippen molar-refractivity contribution in [1.29, 1.82) is 0 Å². The van der Waals surface area contributed by atoms with Crippen LogP contribution in [0, 0.1) is 5.82 Å². The van der Waals surface area contributed by atoms with E-state index in [0.717, 1.165) is 5.69 Å². The van der Waals surface area contributed by atoms with E-state index in [1.165, 1.54) is 22.9 Å². The highest BCUT2D eigenvalue weighted by Crippen LogP contribution is 2.26. The molecular formula is C17H18ClF2N5O2. The van der Waals surface area contributed by atoms with Gasteiger partial charge in [-0.05, 0) is 18.2 Å². The predicted octanol–water partition coefficient (Wildman–Crippen LogP) is 1.50. The standard InChI is InChI=1S/C17H18ClF2N5O2/c18-12-5-10(1-2-13(12)20)22-17(27)24-4-3-14-11(8-24)15-16(26)21-6-9(19)7-25(15)23-14/h1-2,5,9,17,22,27H,3-4,6-8H2,(H,21,26). The normalized spacial score (nSPS) is 21.0. The number of aliphatic hydroxyl groups excluding tert-OH is 1. The van der Waals surface area contributed by atoms with Crippen molar-refractivity contribution in [2.75, 3.05) is 18.4 Å². The topological polar surface area (TPSA) is 82.4 Å². The molecule has 10 heteroatoms. The molecule has 0 aliphatic carbocycles. The summed E-state index contributed by atoms with van der Waals surface area (Å²) < 4.78 is 28.5. The predicted molar refractivity (Wildman–Crippen MR) is 94.6 cm³/mol. The fourth-order valence-corrected chi connectivity index (χ4v) is 3.59. The van der Waals surface area contributed by atoms with Gasteiger partial charge in [0.25, 0.3) is 5.91 Å². The first-order valence-electron chi connectivity index (χ1n) is 8.57. The van der Waals surface area contributed by atoms with Crippen molar-refractivity contribution in [3.8, 4) is 0 Å². The van der Waals surface area contributed by atoms with Gasteiger partial charge in [-0.1, -0.05) is 11.6 Å². The van der Waals surface area contributed by atoms with Gasteiger partial charge < -0.3 is 15.7 Å². The summed E-state index contributed by atoms with van der Waals surface area (Å²) in [6.45, 7) is 0.748. The molecule has 144 valence electrons. The van der Waals surface area contributed by atoms with Crippen molar-refractivity contribution in [3.05, 3.63) is 46.0 Å². The summed E-state index contributed by atoms with van der Waals surface area (Å²) in [5, 5.41) is 20.3. The van der Waals surface area contributed by atoms with E-state index in [-0.39, 0.29) is 30.6 Å². The van der Waals surface area contributed by atoms with Gasteiger partial charge in [-0.2, -0.15) is 5.10 Å². The van der Waals surface area contributed by atoms with Gasteiger partial charge in [0, 0.05) is 30.8 Å². The zero-order valence-corrected chi connectivity index (χ0v) is 15.0. The minimum absolute atomic E-state index is 0.0238. The summed E-state index contributed by atoms with van der Waals surface area (Å²) >= 11 is 5.76. The number of hydrogen-bond acceptors (Lipinski definition) is 5. The zero-order valence-electron chi connectivity index (χ0n) is 14.3. The van der Waals surface area contributed by atoms with Crippen molar-refractivity contribution < 1.29 is 18.7 Å². The Morgan fingerprint density at radius 1 is 1.44 bits per heavy atom. The van der Waals surface area contributed by atoms with E-state index >= 15 is 0 Å². The van der Waals surface area contributed by atoms with Gasteiger partial charge in [0.2, 0.25) is 0 Å². The molecule has 27 heavy (non-hydrogen) atoms. The van der Waals surface area contributed by atoms with Gasteiger partial charge in [-0.3, -0.25) is 14.4 Å². The van der Waals surface area contributed by atoms with Gasteiger partial charge in [0.05, 0.1) is 23.8 Å². The van der Waals surface area contributed by atoms with Crippen LogP contribution in [0.2, 0.25) is 5.02 Å². The summed E-state index contributed by atoms with van der Waals surface area (Å²) in [7, 11) is 0. The Kier molecular flexibility index (Phi) is 4.75. The van der Waals surface area contributed by atoms with Crippen LogP contribution in [0.25, 0.3) is 0 Å². The van der Waals surface area contributed by atoms with Crippen molar-refractivity contribution >= 4 is 23.2 Å². The number of halogens is 3. The molecule has 0 spiro atoms. The molecular weight excluding hydrogens is 380 g/mol. The van der Waals surface area contributed by atoms with Crippen LogP contribution >= 0.6 is 11.6 Å². The van der Waals surface area contributed by atoms with Crippen LogP contribution in [0.3, 0.4) is 0 Å². The van der Waals surface area contributed by atoms with E-state index in [1.54, 1.807) is 4.90 Å². The fourth-order valence-electron chi connectivity index (χ4n) is 3.41. The number of alkyl halides is 1. The maximum Gasteiger partial charge on any atom is 0.270 e. The lowest BCUT2D eigenvalue weighted by Crippen LogP contribution is -2.44. The molecule has 0 saturated heterocycles. The molecule has 3 N–H and O–H groups in total. The summed E-state index contributed by atoms with van der Waals surface area (Å²) in [5.74, 6) is -0.905. The summed E-state index contributed by atoms with van der Waals surface area (Å²) in [6.07, 6.45) is -1.75. The molecule has 0 bridgehead atoms. The van der Waals surface area contributed by atoms with Gasteiger partial charge in [-0.25, -0.2) is 8.78 Å². The molecule has 3 heterocycles. The Morgan fingerprint density at radius 2 is 2.26 bits per heavy atom. The largest absolute Gasteiger partial charge is 0.361 e. The van der Waals surface area contributed by atoms with Crippen LogP contribution in [0.4, 0.5) is 14.5 Å². The van der Waals surface area contributed by atoms with E-state index in [1.807, 2.05) is 0 Å². The number of nitrogens with one attached hydrogen (secondary N) is 2. The molecule has 2 unspecified atom stereocenters. The first kappa shape index (κ1) is 18.1. The van der Waals surface area contributed by atoms with Crippen molar-refractivity contribution in [2.45, 2.75) is 32.0 Å². The molecule has 2 aromatic rings. The van der Waals surface area contributed by atoms with Crippen LogP contribution in [-0.4, -0.2) is 51.3 Å². The highest BCUT2D eigenvalue weighted by molar-refractivity contribution is 6.31. The van der Waals surface area contributed by atoms with Gasteiger partial charge >= 0.3 is 0 Å². The minimum atomic E-state index is -1.19. The SMILES string of the molecule is O=C1NCC(F)Cn2nc3c(c21)CN(C(O)Nc1ccc(F)c(Cl)c1)CC3. The third kappa shape index (κ3) is 3.50. The number of aliphatic hydroxyl groups is 1. The number of rotatable bonds is 3. The lowest BCUT2D eigenvalue weighted by atomic mass is 10.1. The number of benzene rings is 1. The third-order valence-electron chi connectivity index (χ3n) is 4.76. The number of aromatic nitrogens is 2. The second kappa shape index (κ2) is 7.06. The van der Waals surface area contributed by atoms with E-state index < -0.39 is 18.3 Å². The van der Waals surface area contributed by atoms with Crippen LogP contribution in [0.1, 0.15) is 21.7 Å². The number of hydrogen-bond donors (Lipinski definition) is 3. The second-order valence-electron chi connectivity index (χ2n) is 6.63. The molecule has 1 aromatic heterocycles. The Hall–Kier alpha value is -2.23. The van der Waals surface area contributed by atoms with Crippen molar-refractivity contribution in [2.24, 2.45) is 0 Å². The molecule has 0 radical (unpaired) electrons. The zero-order chi connectivity index (χ0) is 19.1. The van der Waals surface area contributed by atoms with Crippen LogP contribution < -0.4 is 10.6 Å². The fraction of sp³-hybridized carbons (Fsp3) is 0.412. The molecule has 2 aliphatic heterocycles. The summed E-state index contributed by atoms with van der Waals surface area (Å²) in [5.41, 5.74) is 2.23. The number of anilines is 1. The lowest BCUT2D eigenvalue weighted by molar-refractivity contribution is 0.0160. The molecule has 0 saturated carbocycles. The maximum absolute atomic E-state index is 13.8. The van der Waals surface area contributed by atoms with E-state index in [0.29, 0.717) is 29.9 Å². The maximum atomic E-state index is 13.8. The smallest absolute Gasteiger partial charge is 0.270 e. The van der Waals surface area contributed by atoms with Crippen LogP contribution in [0.5, 0.6) is 0 Å². The van der Waals surface area contributed by atoms with Crippen molar-refractivity contribution in [1.82, 2.24) is 20.0 Å². The summed E-state index contributed by atoms with van der Waals surface area (Å²) in [4.78, 5) is 14.1. The Bertz CT molecular complexity index is 890. The average Bonchev–Trinajstić information content (AvgIpc) is 2.92. The lowest BCUT2D eigenvalue weighted by Gasteiger charge is -2.31. The quantitative estimate of drug-likeness (QED) is 0.684. The number of amides is 1. The highest BCUT2D eigenvalue weighted by Gasteiger charge is 2.33. The van der Waals surface area contributed by atoms with E-state index in [9.17, 15) is 18.7 Å². The third-order valence-corrected chi connectivity index (χ3v) is 5.05. The minimum Gasteiger partial charge on any atom is -0.361 e. The molecule has 2 aliphatic rings. The molecule has 0 fully saturated rings. The molecule has 7 nitrogen and oxygen atoms in total. The highest BCUT2D eigenvalue weighted by atomic mass is 35.5. The number of nitrogens with zero attached hydrogens (tertiary/aromatic N) is 3. The first-order chi connectivity index (χ1) is 12.9. The second-order valence-corrected chi connectivity index (χ2v) is 7.04. The average molecular weight is 398 g/mol.